The molecule has 1 fully saturated rings. The number of hydrogen-bond donors (Lipinski definition) is 0. The van der Waals surface area contributed by atoms with Gasteiger partial charge >= 0.3 is 0 Å². The van der Waals surface area contributed by atoms with Crippen LogP contribution in [0.1, 0.15) is 17.7 Å². The molecule has 16 heavy (non-hydrogen) atoms. The molecule has 0 spiro atoms. The second kappa shape index (κ2) is 3.86. The van der Waals surface area contributed by atoms with Gasteiger partial charge in [0.2, 0.25) is 5.95 Å². The predicted octanol–water partition coefficient (Wildman–Crippen LogP) is 3.25. The number of nitrogens with zero attached hydrogens (tertiary/aromatic N) is 3. The van der Waals surface area contributed by atoms with Crippen LogP contribution in [-0.4, -0.2) is 23.1 Å². The molecule has 0 bridgehead atoms. The molecular weight excluding hydrogens is 242 g/mol. The highest BCUT2D eigenvalue weighted by Crippen LogP contribution is 2.30. The van der Waals surface area contributed by atoms with Crippen LogP contribution in [0.25, 0.3) is 10.2 Å². The molecule has 0 radical (unpaired) electrons. The van der Waals surface area contributed by atoms with Crippen LogP contribution < -0.4 is 4.90 Å². The molecule has 2 aromatic rings. The van der Waals surface area contributed by atoms with Crippen LogP contribution in [-0.2, 0) is 0 Å². The normalized spacial score (nSPS) is 16.2. The van der Waals surface area contributed by atoms with Gasteiger partial charge in [-0.15, -0.1) is 11.3 Å². The molecule has 5 heteroatoms. The first-order chi connectivity index (χ1) is 7.74. The second-order valence-electron chi connectivity index (χ2n) is 4.08. The minimum Gasteiger partial charge on any atom is -0.341 e. The van der Waals surface area contributed by atoms with Crippen LogP contribution in [0.5, 0.6) is 0 Å². The third-order valence-corrected chi connectivity index (χ3v) is 4.08. The van der Waals surface area contributed by atoms with E-state index in [1.54, 1.807) is 11.3 Å². The van der Waals surface area contributed by atoms with E-state index in [2.05, 4.69) is 27.9 Å². The molecule has 3 nitrogen and oxygen atoms in total. The smallest absolute Gasteiger partial charge is 0.228 e. The Morgan fingerprint density at radius 3 is 2.81 bits per heavy atom. The van der Waals surface area contributed by atoms with Gasteiger partial charge in [0.05, 0.1) is 0 Å². The van der Waals surface area contributed by atoms with E-state index < -0.39 is 0 Å². The van der Waals surface area contributed by atoms with Gasteiger partial charge in [-0.3, -0.25) is 0 Å². The largest absolute Gasteiger partial charge is 0.341 e. The fourth-order valence-electron chi connectivity index (χ4n) is 2.06. The molecule has 1 saturated heterocycles. The van der Waals surface area contributed by atoms with Gasteiger partial charge in [-0.25, -0.2) is 9.97 Å². The SMILES string of the molecule is Cc1cc2c(Cl)nc(N3CCCC3)nc2s1. The van der Waals surface area contributed by atoms with E-state index in [4.69, 9.17) is 11.6 Å². The first kappa shape index (κ1) is 10.3. The van der Waals surface area contributed by atoms with Gasteiger partial charge in [0.25, 0.3) is 0 Å². The highest BCUT2D eigenvalue weighted by molar-refractivity contribution is 7.18. The zero-order valence-corrected chi connectivity index (χ0v) is 10.6. The van der Waals surface area contributed by atoms with Crippen LogP contribution >= 0.6 is 22.9 Å². The molecule has 0 saturated carbocycles. The maximum Gasteiger partial charge on any atom is 0.228 e. The molecule has 84 valence electrons. The summed E-state index contributed by atoms with van der Waals surface area (Å²) in [7, 11) is 0. The Bertz CT molecular complexity index is 531. The zero-order valence-electron chi connectivity index (χ0n) is 9.03. The topological polar surface area (TPSA) is 29.0 Å². The number of halogens is 1. The number of aromatic nitrogens is 2. The fourth-order valence-corrected chi connectivity index (χ4v) is 3.21. The average molecular weight is 254 g/mol. The minimum atomic E-state index is 0.580. The molecule has 3 heterocycles. The fraction of sp³-hybridized carbons (Fsp3) is 0.455. The number of rotatable bonds is 1. The molecule has 2 aromatic heterocycles. The summed E-state index contributed by atoms with van der Waals surface area (Å²) in [6.07, 6.45) is 2.45. The maximum absolute atomic E-state index is 6.18. The third kappa shape index (κ3) is 1.66. The first-order valence-corrected chi connectivity index (χ1v) is 6.62. The first-order valence-electron chi connectivity index (χ1n) is 5.43. The highest BCUT2D eigenvalue weighted by atomic mass is 35.5. The summed E-state index contributed by atoms with van der Waals surface area (Å²) in [5, 5.41) is 1.56. The van der Waals surface area contributed by atoms with Crippen molar-refractivity contribution < 1.29 is 0 Å². The van der Waals surface area contributed by atoms with Crippen molar-refractivity contribution in [1.82, 2.24) is 9.97 Å². The summed E-state index contributed by atoms with van der Waals surface area (Å²) in [5.41, 5.74) is 0. The molecule has 3 rings (SSSR count). The number of anilines is 1. The summed E-state index contributed by atoms with van der Waals surface area (Å²) in [4.78, 5) is 13.4. The molecular formula is C11H12ClN3S. The van der Waals surface area contributed by atoms with Crippen molar-refractivity contribution in [2.45, 2.75) is 19.8 Å². The van der Waals surface area contributed by atoms with Crippen molar-refractivity contribution in [3.05, 3.63) is 16.1 Å². The van der Waals surface area contributed by atoms with E-state index in [0.717, 1.165) is 29.3 Å². The lowest BCUT2D eigenvalue weighted by Crippen LogP contribution is -2.20. The molecule has 1 aliphatic heterocycles. The van der Waals surface area contributed by atoms with E-state index in [1.807, 2.05) is 0 Å². The van der Waals surface area contributed by atoms with E-state index in [9.17, 15) is 0 Å². The van der Waals surface area contributed by atoms with Crippen LogP contribution in [0.4, 0.5) is 5.95 Å². The van der Waals surface area contributed by atoms with Crippen LogP contribution in [0, 0.1) is 6.92 Å². The van der Waals surface area contributed by atoms with Crippen molar-refractivity contribution in [3.63, 3.8) is 0 Å². The molecule has 0 aromatic carbocycles. The minimum absolute atomic E-state index is 0.580. The zero-order chi connectivity index (χ0) is 11.1. The van der Waals surface area contributed by atoms with Gasteiger partial charge in [-0.1, -0.05) is 11.6 Å². The lowest BCUT2D eigenvalue weighted by atomic mass is 10.4. The number of aryl methyl sites for hydroxylation is 1. The average Bonchev–Trinajstić information content (AvgIpc) is 2.84. The standard InChI is InChI=1S/C11H12ClN3S/c1-7-6-8-9(12)13-11(14-10(8)16-7)15-4-2-3-5-15/h6H,2-5H2,1H3. The molecule has 0 unspecified atom stereocenters. The number of hydrogen-bond acceptors (Lipinski definition) is 4. The van der Waals surface area contributed by atoms with Gasteiger partial charge in [-0.2, -0.15) is 0 Å². The third-order valence-electron chi connectivity index (χ3n) is 2.85. The summed E-state index contributed by atoms with van der Waals surface area (Å²) in [5.74, 6) is 0.789. The Balaban J connectivity index is 2.12. The van der Waals surface area contributed by atoms with Crippen LogP contribution in [0.3, 0.4) is 0 Å². The van der Waals surface area contributed by atoms with Crippen molar-refractivity contribution >= 4 is 39.1 Å². The van der Waals surface area contributed by atoms with Gasteiger partial charge < -0.3 is 4.90 Å². The lowest BCUT2D eigenvalue weighted by Gasteiger charge is -2.14. The Morgan fingerprint density at radius 1 is 1.31 bits per heavy atom. The molecule has 1 aliphatic rings. The van der Waals surface area contributed by atoms with E-state index in [-0.39, 0.29) is 0 Å². The predicted molar refractivity (Wildman–Crippen MR) is 68.6 cm³/mol. The summed E-state index contributed by atoms with van der Waals surface area (Å²) in [6, 6.07) is 2.05. The molecule has 0 amide bonds. The Kier molecular flexibility index (Phi) is 2.48. The van der Waals surface area contributed by atoms with Crippen molar-refractivity contribution in [2.24, 2.45) is 0 Å². The lowest BCUT2D eigenvalue weighted by molar-refractivity contribution is 0.909. The van der Waals surface area contributed by atoms with E-state index >= 15 is 0 Å². The Hall–Kier alpha value is -0.870. The van der Waals surface area contributed by atoms with E-state index in [0.29, 0.717) is 5.15 Å². The van der Waals surface area contributed by atoms with Crippen molar-refractivity contribution in [3.8, 4) is 0 Å². The summed E-state index contributed by atoms with van der Waals surface area (Å²) >= 11 is 7.86. The Morgan fingerprint density at radius 2 is 2.06 bits per heavy atom. The van der Waals surface area contributed by atoms with E-state index in [1.165, 1.54) is 17.7 Å². The molecule has 0 atom stereocenters. The maximum atomic E-state index is 6.18. The van der Waals surface area contributed by atoms with Crippen LogP contribution in [0.15, 0.2) is 6.07 Å². The number of fused-ring (bicyclic) bond motifs is 1. The summed E-state index contributed by atoms with van der Waals surface area (Å²) in [6.45, 7) is 4.16. The van der Waals surface area contributed by atoms with Crippen LogP contribution in [0.2, 0.25) is 5.15 Å². The van der Waals surface area contributed by atoms with Crippen molar-refractivity contribution in [1.29, 1.82) is 0 Å². The van der Waals surface area contributed by atoms with Gasteiger partial charge in [0.15, 0.2) is 0 Å². The monoisotopic (exact) mass is 253 g/mol. The molecule has 0 aliphatic carbocycles. The second-order valence-corrected chi connectivity index (χ2v) is 5.68. The number of thiophene rings is 1. The van der Waals surface area contributed by atoms with Gasteiger partial charge in [-0.05, 0) is 25.8 Å². The van der Waals surface area contributed by atoms with Crippen molar-refractivity contribution in [2.75, 3.05) is 18.0 Å². The quantitative estimate of drug-likeness (QED) is 0.731. The summed E-state index contributed by atoms with van der Waals surface area (Å²) < 4.78 is 0. The van der Waals surface area contributed by atoms with Gasteiger partial charge in [0, 0.05) is 23.4 Å². The Labute approximate surface area is 103 Å². The highest BCUT2D eigenvalue weighted by Gasteiger charge is 2.17. The molecule has 0 N–H and O–H groups in total. The van der Waals surface area contributed by atoms with Gasteiger partial charge in [0.1, 0.15) is 9.98 Å².